The maximum absolute atomic E-state index is 12.7. The van der Waals surface area contributed by atoms with Crippen LogP contribution in [0.15, 0.2) is 41.5 Å². The predicted octanol–water partition coefficient (Wildman–Crippen LogP) is 3.64. The van der Waals surface area contributed by atoms with Crippen LogP contribution in [0.1, 0.15) is 5.56 Å². The first-order chi connectivity index (χ1) is 9.60. The second-order valence-electron chi connectivity index (χ2n) is 3.93. The molecule has 2 aromatic carbocycles. The fourth-order valence-electron chi connectivity index (χ4n) is 1.53. The minimum Gasteiger partial charge on any atom is -0.503 e. The smallest absolute Gasteiger partial charge is 0.176 e. The van der Waals surface area contributed by atoms with Gasteiger partial charge in [-0.2, -0.15) is 5.10 Å². The molecular weight excluding hydrogens is 283 g/mol. The van der Waals surface area contributed by atoms with Crippen molar-refractivity contribution in [2.24, 2.45) is 5.10 Å². The average molecular weight is 295 g/mol. The molecular formula is C14H12ClFN2O2. The summed E-state index contributed by atoms with van der Waals surface area (Å²) in [5.41, 5.74) is 4.05. The van der Waals surface area contributed by atoms with E-state index in [4.69, 9.17) is 16.3 Å². The normalized spacial score (nSPS) is 10.8. The van der Waals surface area contributed by atoms with Crippen LogP contribution in [0.4, 0.5) is 10.1 Å². The number of nitrogens with zero attached hydrogens (tertiary/aromatic N) is 1. The number of rotatable bonds is 4. The van der Waals surface area contributed by atoms with Crippen molar-refractivity contribution in [3.8, 4) is 11.5 Å². The van der Waals surface area contributed by atoms with Crippen molar-refractivity contribution in [3.05, 3.63) is 52.8 Å². The summed E-state index contributed by atoms with van der Waals surface area (Å²) in [6.45, 7) is 0. The maximum atomic E-state index is 12.7. The van der Waals surface area contributed by atoms with E-state index >= 15 is 0 Å². The minimum absolute atomic E-state index is 0.113. The molecule has 0 aromatic heterocycles. The van der Waals surface area contributed by atoms with Crippen LogP contribution in [0.3, 0.4) is 0 Å². The van der Waals surface area contributed by atoms with Gasteiger partial charge in [0.1, 0.15) is 5.82 Å². The van der Waals surface area contributed by atoms with Gasteiger partial charge in [-0.05, 0) is 42.0 Å². The van der Waals surface area contributed by atoms with E-state index < -0.39 is 0 Å². The second kappa shape index (κ2) is 6.25. The Hall–Kier alpha value is -2.27. The summed E-state index contributed by atoms with van der Waals surface area (Å²) in [5.74, 6) is -0.159. The molecule has 2 aromatic rings. The van der Waals surface area contributed by atoms with E-state index in [1.807, 2.05) is 0 Å². The zero-order valence-electron chi connectivity index (χ0n) is 10.6. The average Bonchev–Trinajstić information content (AvgIpc) is 2.44. The van der Waals surface area contributed by atoms with Crippen molar-refractivity contribution in [1.29, 1.82) is 0 Å². The van der Waals surface area contributed by atoms with Crippen LogP contribution in [0.2, 0.25) is 5.02 Å². The number of methoxy groups -OCH3 is 1. The molecule has 2 rings (SSSR count). The van der Waals surface area contributed by atoms with Gasteiger partial charge in [0.05, 0.1) is 24.0 Å². The lowest BCUT2D eigenvalue weighted by atomic mass is 10.2. The van der Waals surface area contributed by atoms with Crippen LogP contribution in [0.25, 0.3) is 0 Å². The van der Waals surface area contributed by atoms with Gasteiger partial charge in [-0.3, -0.25) is 5.43 Å². The minimum atomic E-state index is -0.311. The molecule has 0 saturated carbocycles. The third-order valence-electron chi connectivity index (χ3n) is 2.52. The number of benzene rings is 2. The highest BCUT2D eigenvalue weighted by Crippen LogP contribution is 2.34. The fourth-order valence-corrected chi connectivity index (χ4v) is 1.75. The molecule has 4 nitrogen and oxygen atoms in total. The SMILES string of the molecule is COc1cc(C=NNc2ccc(F)cc2)cc(Cl)c1O. The summed E-state index contributed by atoms with van der Waals surface area (Å²) < 4.78 is 17.7. The largest absolute Gasteiger partial charge is 0.503 e. The molecule has 0 radical (unpaired) electrons. The Morgan fingerprint density at radius 1 is 1.30 bits per heavy atom. The summed E-state index contributed by atoms with van der Waals surface area (Å²) >= 11 is 5.86. The number of ether oxygens (including phenoxy) is 1. The second-order valence-corrected chi connectivity index (χ2v) is 4.34. The van der Waals surface area contributed by atoms with Gasteiger partial charge in [0.25, 0.3) is 0 Å². The van der Waals surface area contributed by atoms with Crippen LogP contribution in [-0.2, 0) is 0 Å². The number of phenols is 1. The van der Waals surface area contributed by atoms with Crippen LogP contribution in [0, 0.1) is 5.82 Å². The van der Waals surface area contributed by atoms with Crippen molar-refractivity contribution in [1.82, 2.24) is 0 Å². The summed E-state index contributed by atoms with van der Waals surface area (Å²) in [5, 5.41) is 13.8. The fraction of sp³-hybridized carbons (Fsp3) is 0.0714. The van der Waals surface area contributed by atoms with E-state index in [1.165, 1.54) is 25.5 Å². The first-order valence-corrected chi connectivity index (χ1v) is 6.09. The number of hydrazone groups is 1. The molecule has 0 aliphatic heterocycles. The molecule has 0 aliphatic rings. The first kappa shape index (κ1) is 14.1. The van der Waals surface area contributed by atoms with E-state index in [0.717, 1.165) is 0 Å². The van der Waals surface area contributed by atoms with Crippen LogP contribution < -0.4 is 10.2 Å². The van der Waals surface area contributed by atoms with Gasteiger partial charge >= 0.3 is 0 Å². The van der Waals surface area contributed by atoms with Crippen LogP contribution >= 0.6 is 11.6 Å². The zero-order chi connectivity index (χ0) is 14.5. The highest BCUT2D eigenvalue weighted by molar-refractivity contribution is 6.32. The highest BCUT2D eigenvalue weighted by Gasteiger charge is 2.07. The molecule has 0 aliphatic carbocycles. The zero-order valence-corrected chi connectivity index (χ0v) is 11.4. The Labute approximate surface area is 120 Å². The van der Waals surface area contributed by atoms with Crippen LogP contribution in [0.5, 0.6) is 11.5 Å². The molecule has 0 amide bonds. The lowest BCUT2D eigenvalue weighted by molar-refractivity contribution is 0.373. The topological polar surface area (TPSA) is 53.8 Å². The third-order valence-corrected chi connectivity index (χ3v) is 2.81. The molecule has 2 N–H and O–H groups in total. The number of aromatic hydroxyl groups is 1. The first-order valence-electron chi connectivity index (χ1n) is 5.71. The van der Waals surface area contributed by atoms with Crippen molar-refractivity contribution < 1.29 is 14.2 Å². The molecule has 0 saturated heterocycles. The van der Waals surface area contributed by atoms with Gasteiger partial charge in [0.15, 0.2) is 11.5 Å². The van der Waals surface area contributed by atoms with Gasteiger partial charge in [-0.15, -0.1) is 0 Å². The maximum Gasteiger partial charge on any atom is 0.176 e. The Kier molecular flexibility index (Phi) is 4.42. The van der Waals surface area contributed by atoms with Gasteiger partial charge in [0, 0.05) is 0 Å². The predicted molar refractivity (Wildman–Crippen MR) is 77.3 cm³/mol. The van der Waals surface area contributed by atoms with Gasteiger partial charge in [-0.25, -0.2) is 4.39 Å². The molecule has 20 heavy (non-hydrogen) atoms. The molecule has 0 heterocycles. The summed E-state index contributed by atoms with van der Waals surface area (Å²) in [6, 6.07) is 8.94. The molecule has 0 unspecified atom stereocenters. The third kappa shape index (κ3) is 3.39. The van der Waals surface area contributed by atoms with Crippen LogP contribution in [-0.4, -0.2) is 18.4 Å². The molecule has 0 spiro atoms. The van der Waals surface area contributed by atoms with Crippen molar-refractivity contribution >= 4 is 23.5 Å². The molecule has 6 heteroatoms. The van der Waals surface area contributed by atoms with E-state index in [2.05, 4.69) is 10.5 Å². The lowest BCUT2D eigenvalue weighted by Crippen LogP contribution is -1.92. The summed E-state index contributed by atoms with van der Waals surface area (Å²) in [6.07, 6.45) is 1.51. The molecule has 0 fully saturated rings. The van der Waals surface area contributed by atoms with Gasteiger partial charge in [0.2, 0.25) is 0 Å². The van der Waals surface area contributed by atoms with Gasteiger partial charge < -0.3 is 9.84 Å². The number of phenolic OH excluding ortho intramolecular Hbond substituents is 1. The number of hydrogen-bond donors (Lipinski definition) is 2. The Morgan fingerprint density at radius 3 is 2.65 bits per heavy atom. The summed E-state index contributed by atoms with van der Waals surface area (Å²) in [4.78, 5) is 0. The number of halogens is 2. The molecule has 104 valence electrons. The van der Waals surface area contributed by atoms with Crippen molar-refractivity contribution in [3.63, 3.8) is 0 Å². The Bertz CT molecular complexity index is 630. The number of nitrogens with one attached hydrogen (secondary N) is 1. The molecule has 0 bridgehead atoms. The van der Waals surface area contributed by atoms with Crippen molar-refractivity contribution in [2.75, 3.05) is 12.5 Å². The number of anilines is 1. The van der Waals surface area contributed by atoms with E-state index in [-0.39, 0.29) is 22.3 Å². The van der Waals surface area contributed by atoms with Crippen molar-refractivity contribution in [2.45, 2.75) is 0 Å². The monoisotopic (exact) mass is 294 g/mol. The quantitative estimate of drug-likeness (QED) is 0.668. The Balaban J connectivity index is 2.11. The van der Waals surface area contributed by atoms with E-state index in [0.29, 0.717) is 11.3 Å². The highest BCUT2D eigenvalue weighted by atomic mass is 35.5. The standard InChI is InChI=1S/C14H12ClFN2O2/c1-20-13-7-9(6-12(15)14(13)19)8-17-18-11-4-2-10(16)3-5-11/h2-8,18-19H,1H3. The number of hydrogen-bond acceptors (Lipinski definition) is 4. The summed E-state index contributed by atoms with van der Waals surface area (Å²) in [7, 11) is 1.43. The van der Waals surface area contributed by atoms with E-state index in [9.17, 15) is 9.50 Å². The Morgan fingerprint density at radius 2 is 2.00 bits per heavy atom. The van der Waals surface area contributed by atoms with E-state index in [1.54, 1.807) is 24.3 Å². The van der Waals surface area contributed by atoms with Gasteiger partial charge in [-0.1, -0.05) is 11.6 Å². The lowest BCUT2D eigenvalue weighted by Gasteiger charge is -2.06. The molecule has 0 atom stereocenters.